The first-order valence-electron chi connectivity index (χ1n) is 16.0. The molecule has 1 heterocycles. The largest absolute Gasteiger partial charge is 0.453 e. The highest BCUT2D eigenvalue weighted by atomic mass is 127. The highest BCUT2D eigenvalue weighted by Gasteiger charge is 2.27. The minimum atomic E-state index is -4.04. The molecule has 0 unspecified atom stereocenters. The number of rotatable bonds is 22. The maximum Gasteiger partial charge on any atom is 0.367 e. The molecule has 1 aromatic carbocycles. The van der Waals surface area contributed by atoms with Gasteiger partial charge in [-0.25, -0.2) is 4.79 Å². The first kappa shape index (κ1) is 41.7. The molecule has 2 atom stereocenters. The van der Waals surface area contributed by atoms with Crippen molar-refractivity contribution < 1.29 is 51.2 Å². The molecule has 0 saturated carbocycles. The maximum atomic E-state index is 13.1. The van der Waals surface area contributed by atoms with Crippen molar-refractivity contribution in [1.29, 1.82) is 0 Å². The van der Waals surface area contributed by atoms with Crippen molar-refractivity contribution in [3.8, 4) is 0 Å². The van der Waals surface area contributed by atoms with Gasteiger partial charge in [-0.2, -0.15) is 8.42 Å². The smallest absolute Gasteiger partial charge is 0.367 e. The molecule has 0 spiro atoms. The van der Waals surface area contributed by atoms with Gasteiger partial charge in [0.15, 0.2) is 0 Å². The lowest BCUT2D eigenvalue weighted by atomic mass is 10.0. The standard InChI is InChI=1S/C32H45IN4O11S/c1-21(2)29(36-26(38)10-5-4-6-15-37-27(39)13-14-28(37)40)31(42)34-22(3)30(41)35-25-12-11-24(20-48-32(33)43)23(19-25)9-7-16-47-17-8-18-49(44,45)46/h11-14,19,21-22,29H,4-10,15-18,20H2,1-3H3,(H,34,42)(H,35,41)(H,36,38)(H,44,45,46)/t22-,29-/m0/s1. The van der Waals surface area contributed by atoms with Crippen molar-refractivity contribution in [3.63, 3.8) is 0 Å². The van der Waals surface area contributed by atoms with Gasteiger partial charge in [-0.15, -0.1) is 0 Å². The minimum absolute atomic E-state index is 0.0215. The highest BCUT2D eigenvalue weighted by Crippen LogP contribution is 2.20. The number of hydrogen-bond acceptors (Lipinski definition) is 10. The predicted octanol–water partition coefficient (Wildman–Crippen LogP) is 3.05. The normalized spacial score (nSPS) is 14.1. The molecule has 49 heavy (non-hydrogen) atoms. The Labute approximate surface area is 300 Å². The molecule has 1 aromatic rings. The number of imide groups is 1. The zero-order valence-corrected chi connectivity index (χ0v) is 30.8. The highest BCUT2D eigenvalue weighted by molar-refractivity contribution is 14.1. The van der Waals surface area contributed by atoms with E-state index in [1.54, 1.807) is 32.0 Å². The van der Waals surface area contributed by atoms with Crippen LogP contribution in [0.1, 0.15) is 70.4 Å². The molecule has 0 fully saturated rings. The fourth-order valence-electron chi connectivity index (χ4n) is 4.81. The van der Waals surface area contributed by atoms with Gasteiger partial charge in [-0.1, -0.05) is 26.3 Å². The zero-order chi connectivity index (χ0) is 36.6. The van der Waals surface area contributed by atoms with E-state index in [0.717, 1.165) is 16.0 Å². The molecule has 0 aliphatic carbocycles. The second kappa shape index (κ2) is 20.9. The van der Waals surface area contributed by atoms with Crippen LogP contribution < -0.4 is 16.0 Å². The summed E-state index contributed by atoms with van der Waals surface area (Å²) in [6.45, 7) is 5.84. The molecule has 5 amide bonds. The summed E-state index contributed by atoms with van der Waals surface area (Å²) in [7, 11) is -4.04. The van der Waals surface area contributed by atoms with Crippen LogP contribution in [0, 0.1) is 5.92 Å². The van der Waals surface area contributed by atoms with Crippen LogP contribution in [-0.2, 0) is 56.6 Å². The maximum absolute atomic E-state index is 13.1. The zero-order valence-electron chi connectivity index (χ0n) is 27.9. The van der Waals surface area contributed by atoms with Crippen LogP contribution in [0.15, 0.2) is 30.4 Å². The van der Waals surface area contributed by atoms with Crippen LogP contribution in [0.25, 0.3) is 0 Å². The van der Waals surface area contributed by atoms with E-state index < -0.39 is 38.0 Å². The number of nitrogens with zero attached hydrogens (tertiary/aromatic N) is 1. The summed E-state index contributed by atoms with van der Waals surface area (Å²) < 4.78 is 40.6. The number of anilines is 1. The number of carbonyl (C=O) groups excluding carboxylic acids is 6. The topological polar surface area (TPSA) is 215 Å². The van der Waals surface area contributed by atoms with E-state index in [-0.39, 0.29) is 62.0 Å². The number of unbranched alkanes of at least 4 members (excludes halogenated alkanes) is 2. The summed E-state index contributed by atoms with van der Waals surface area (Å²) in [5.41, 5.74) is 1.95. The summed E-state index contributed by atoms with van der Waals surface area (Å²) in [6.07, 6.45) is 5.47. The van der Waals surface area contributed by atoms with Crippen molar-refractivity contribution in [2.24, 2.45) is 5.92 Å². The summed E-state index contributed by atoms with van der Waals surface area (Å²) in [5.74, 6) is -2.68. The van der Waals surface area contributed by atoms with E-state index in [1.807, 2.05) is 0 Å². The van der Waals surface area contributed by atoms with Gasteiger partial charge in [0, 0.05) is 44.0 Å². The second-order valence-electron chi connectivity index (χ2n) is 11.8. The minimum Gasteiger partial charge on any atom is -0.453 e. The van der Waals surface area contributed by atoms with Crippen LogP contribution in [0.4, 0.5) is 10.5 Å². The number of halogens is 1. The molecule has 1 aliphatic heterocycles. The van der Waals surface area contributed by atoms with Gasteiger partial charge in [0.2, 0.25) is 17.7 Å². The van der Waals surface area contributed by atoms with Gasteiger partial charge in [0.05, 0.1) is 28.3 Å². The van der Waals surface area contributed by atoms with Gasteiger partial charge < -0.3 is 25.4 Å². The first-order chi connectivity index (χ1) is 23.1. The fraction of sp³-hybridized carbons (Fsp3) is 0.562. The van der Waals surface area contributed by atoms with Crippen LogP contribution >= 0.6 is 22.6 Å². The van der Waals surface area contributed by atoms with Gasteiger partial charge in [0.25, 0.3) is 21.9 Å². The van der Waals surface area contributed by atoms with Crippen LogP contribution in [0.5, 0.6) is 0 Å². The molecule has 4 N–H and O–H groups in total. The van der Waals surface area contributed by atoms with Gasteiger partial charge >= 0.3 is 3.98 Å². The Morgan fingerprint density at radius 2 is 1.57 bits per heavy atom. The SMILES string of the molecule is CC(C)[C@H](NC(=O)CCCCCN1C(=O)C=CC1=O)C(=O)N[C@@H](C)C(=O)Nc1ccc(COC(=O)I)c(CCCOCCCS(=O)(=O)O)c1. The molecule has 2 rings (SSSR count). The van der Waals surface area contributed by atoms with Gasteiger partial charge in [-0.3, -0.25) is 33.4 Å². The molecule has 0 bridgehead atoms. The summed E-state index contributed by atoms with van der Waals surface area (Å²) in [4.78, 5) is 74.5. The number of aryl methyl sites for hydroxylation is 1. The van der Waals surface area contributed by atoms with Gasteiger partial charge in [0.1, 0.15) is 18.7 Å². The van der Waals surface area contributed by atoms with Crippen LogP contribution in [-0.4, -0.2) is 89.0 Å². The molecule has 0 radical (unpaired) electrons. The van der Waals surface area contributed by atoms with Crippen LogP contribution in [0.2, 0.25) is 0 Å². The Hall–Kier alpha value is -3.42. The molecular formula is C32H45IN4O11S. The molecule has 0 saturated heterocycles. The van der Waals surface area contributed by atoms with Crippen molar-refractivity contribution in [3.05, 3.63) is 41.5 Å². The molecule has 17 heteroatoms. The van der Waals surface area contributed by atoms with E-state index >= 15 is 0 Å². The summed E-state index contributed by atoms with van der Waals surface area (Å²) >= 11 is 1.53. The quantitative estimate of drug-likeness (QED) is 0.0439. The number of hydrogen-bond donors (Lipinski definition) is 4. The fourth-order valence-corrected chi connectivity index (χ4v) is 5.44. The first-order valence-corrected chi connectivity index (χ1v) is 18.7. The van der Waals surface area contributed by atoms with Gasteiger partial charge in [-0.05, 0) is 68.2 Å². The molecule has 15 nitrogen and oxygen atoms in total. The Bertz CT molecular complexity index is 1460. The second-order valence-corrected chi connectivity index (χ2v) is 14.3. The summed E-state index contributed by atoms with van der Waals surface area (Å²) in [6, 6.07) is 3.27. The van der Waals surface area contributed by atoms with E-state index in [1.165, 1.54) is 41.7 Å². The number of nitrogens with one attached hydrogen (secondary N) is 3. The van der Waals surface area contributed by atoms with E-state index in [0.29, 0.717) is 44.4 Å². The Morgan fingerprint density at radius 1 is 0.898 bits per heavy atom. The van der Waals surface area contributed by atoms with Crippen molar-refractivity contribution in [1.82, 2.24) is 15.5 Å². The molecular weight excluding hydrogens is 775 g/mol. The third kappa shape index (κ3) is 16.2. The lowest BCUT2D eigenvalue weighted by Crippen LogP contribution is -2.53. The average Bonchev–Trinajstić information content (AvgIpc) is 3.34. The van der Waals surface area contributed by atoms with Crippen molar-refractivity contribution >= 4 is 71.9 Å². The van der Waals surface area contributed by atoms with Crippen LogP contribution in [0.3, 0.4) is 0 Å². The third-order valence-electron chi connectivity index (χ3n) is 7.44. The van der Waals surface area contributed by atoms with E-state index in [2.05, 4.69) is 16.0 Å². The lowest BCUT2D eigenvalue weighted by molar-refractivity contribution is -0.137. The Morgan fingerprint density at radius 3 is 2.20 bits per heavy atom. The van der Waals surface area contributed by atoms with Crippen molar-refractivity contribution in [2.45, 2.75) is 84.4 Å². The Kier molecular flexibility index (Phi) is 17.8. The number of amides is 5. The average molecular weight is 821 g/mol. The van der Waals surface area contributed by atoms with E-state index in [4.69, 9.17) is 14.0 Å². The van der Waals surface area contributed by atoms with Crippen molar-refractivity contribution in [2.75, 3.05) is 30.8 Å². The number of carbonyl (C=O) groups is 6. The Balaban J connectivity index is 1.88. The predicted molar refractivity (Wildman–Crippen MR) is 188 cm³/mol. The van der Waals surface area contributed by atoms with E-state index in [9.17, 15) is 37.2 Å². The third-order valence-corrected chi connectivity index (χ3v) is 8.56. The lowest BCUT2D eigenvalue weighted by Gasteiger charge is -2.24. The molecule has 0 aromatic heterocycles. The molecule has 272 valence electrons. The monoisotopic (exact) mass is 820 g/mol. The summed E-state index contributed by atoms with van der Waals surface area (Å²) in [5, 5.41) is 8.17. The molecule has 1 aliphatic rings. The number of ether oxygens (including phenoxy) is 2. The number of benzene rings is 1.